The van der Waals surface area contributed by atoms with Crippen molar-refractivity contribution in [3.8, 4) is 0 Å². The Morgan fingerprint density at radius 1 is 1.26 bits per heavy atom. The Bertz CT molecular complexity index is 852. The Labute approximate surface area is 147 Å². The molecule has 0 radical (unpaired) electrons. The molecule has 0 saturated heterocycles. The first-order valence-electron chi connectivity index (χ1n) is 8.10. The van der Waals surface area contributed by atoms with Crippen LogP contribution in [0.4, 0.5) is 0 Å². The van der Waals surface area contributed by atoms with Crippen molar-refractivity contribution in [3.63, 3.8) is 0 Å². The summed E-state index contributed by atoms with van der Waals surface area (Å²) >= 11 is 3.91. The van der Waals surface area contributed by atoms with Gasteiger partial charge in [0.05, 0.1) is 10.5 Å². The second-order valence-electron chi connectivity index (χ2n) is 7.01. The number of alkyl halides is 1. The summed E-state index contributed by atoms with van der Waals surface area (Å²) in [7, 11) is -1.65. The van der Waals surface area contributed by atoms with Gasteiger partial charge < -0.3 is 0 Å². The van der Waals surface area contributed by atoms with E-state index in [0.717, 1.165) is 12.1 Å². The molecule has 0 bridgehead atoms. The molecule has 3 aliphatic carbocycles. The number of halogens is 1. The van der Waals surface area contributed by atoms with Crippen LogP contribution in [0, 0.1) is 0 Å². The van der Waals surface area contributed by atoms with Gasteiger partial charge in [0, 0.05) is 6.20 Å². The number of fused-ring (bicyclic) bond motifs is 2. The molecule has 1 atom stereocenters. The van der Waals surface area contributed by atoms with E-state index in [1.165, 1.54) is 22.3 Å². The largest absolute Gasteiger partial charge is 0.257 e. The smallest absolute Gasteiger partial charge is 0.109 e. The first-order chi connectivity index (χ1) is 11.0. The van der Waals surface area contributed by atoms with E-state index in [-0.39, 0.29) is 4.83 Å². The molecule has 1 nitrogen and oxygen atoms in total. The van der Waals surface area contributed by atoms with Crippen LogP contribution < -0.4 is 0 Å². The summed E-state index contributed by atoms with van der Waals surface area (Å²) in [5.41, 5.74) is 6.65. The zero-order valence-electron chi connectivity index (χ0n) is 13.7. The fraction of sp³-hybridized carbons (Fsp3) is 0.250. The standard InChI is InChI=1S/C20H20BrNSi/c1-13-11-16-17(12-18-15(19(16)21)9-6-10-22-18)20(13)23(2,3)14-7-4-5-8-14/h4-7,9-12,19H,8H2,1-3H3. The van der Waals surface area contributed by atoms with Crippen LogP contribution in [0.15, 0.2) is 69.7 Å². The lowest BCUT2D eigenvalue weighted by Gasteiger charge is -2.31. The van der Waals surface area contributed by atoms with Crippen molar-refractivity contribution < 1.29 is 0 Å². The molecule has 0 saturated carbocycles. The van der Waals surface area contributed by atoms with Gasteiger partial charge in [-0.25, -0.2) is 0 Å². The molecule has 3 aliphatic rings. The summed E-state index contributed by atoms with van der Waals surface area (Å²) in [6.07, 6.45) is 14.5. The highest BCUT2D eigenvalue weighted by Gasteiger charge is 2.40. The Morgan fingerprint density at radius 3 is 2.83 bits per heavy atom. The van der Waals surface area contributed by atoms with Gasteiger partial charge in [0.25, 0.3) is 0 Å². The third-order valence-corrected chi connectivity index (χ3v) is 10.1. The summed E-state index contributed by atoms with van der Waals surface area (Å²) in [5, 5.41) is 3.21. The van der Waals surface area contributed by atoms with Gasteiger partial charge in [-0.2, -0.15) is 0 Å². The minimum Gasteiger partial charge on any atom is -0.257 e. The molecule has 0 aliphatic heterocycles. The molecule has 1 aromatic heterocycles. The Morgan fingerprint density at radius 2 is 2.09 bits per heavy atom. The van der Waals surface area contributed by atoms with Crippen LogP contribution >= 0.6 is 15.9 Å². The number of rotatable bonds is 2. The Hall–Kier alpha value is -1.45. The lowest BCUT2D eigenvalue weighted by atomic mass is 9.92. The van der Waals surface area contributed by atoms with Crippen LogP contribution in [-0.4, -0.2) is 13.1 Å². The van der Waals surface area contributed by atoms with Crippen LogP contribution in [0.5, 0.6) is 0 Å². The van der Waals surface area contributed by atoms with Crippen molar-refractivity contribution in [1.82, 2.24) is 4.98 Å². The fourth-order valence-corrected chi connectivity index (χ4v) is 8.25. The normalized spacial score (nSPS) is 22.6. The van der Waals surface area contributed by atoms with E-state index in [1.54, 1.807) is 10.4 Å². The molecule has 0 fully saturated rings. The third-order valence-electron chi connectivity index (χ3n) is 5.24. The second kappa shape index (κ2) is 5.28. The van der Waals surface area contributed by atoms with Crippen LogP contribution in [0.3, 0.4) is 0 Å². The van der Waals surface area contributed by atoms with E-state index in [1.807, 2.05) is 12.3 Å². The van der Waals surface area contributed by atoms with E-state index in [0.29, 0.717) is 0 Å². The van der Waals surface area contributed by atoms with E-state index in [9.17, 15) is 0 Å². The van der Waals surface area contributed by atoms with Gasteiger partial charge in [0.2, 0.25) is 0 Å². The molecule has 0 aromatic carbocycles. The maximum Gasteiger partial charge on any atom is 0.109 e. The molecule has 116 valence electrons. The van der Waals surface area contributed by atoms with Crippen molar-refractivity contribution in [3.05, 3.63) is 81.0 Å². The number of hydrogen-bond acceptors (Lipinski definition) is 1. The number of aromatic nitrogens is 1. The average Bonchev–Trinajstić information content (AvgIpc) is 3.15. The highest BCUT2D eigenvalue weighted by atomic mass is 79.9. The molecule has 4 rings (SSSR count). The van der Waals surface area contributed by atoms with Crippen LogP contribution in [0.2, 0.25) is 13.1 Å². The minimum atomic E-state index is -1.65. The van der Waals surface area contributed by atoms with E-state index in [4.69, 9.17) is 0 Å². The fourth-order valence-electron chi connectivity index (χ4n) is 4.08. The maximum atomic E-state index is 4.60. The van der Waals surface area contributed by atoms with Gasteiger partial charge in [-0.1, -0.05) is 70.2 Å². The minimum absolute atomic E-state index is 0.249. The molecule has 1 unspecified atom stereocenters. The summed E-state index contributed by atoms with van der Waals surface area (Å²) in [4.78, 5) is 4.85. The molecule has 0 N–H and O–H groups in total. The molecule has 3 heteroatoms. The molecule has 1 heterocycles. The predicted molar refractivity (Wildman–Crippen MR) is 104 cm³/mol. The average molecular weight is 382 g/mol. The topological polar surface area (TPSA) is 12.9 Å². The molecular weight excluding hydrogens is 362 g/mol. The van der Waals surface area contributed by atoms with E-state index < -0.39 is 8.07 Å². The zero-order chi connectivity index (χ0) is 16.2. The first-order valence-corrected chi connectivity index (χ1v) is 12.0. The molecule has 1 aromatic rings. The van der Waals surface area contributed by atoms with Crippen LogP contribution in [0.25, 0.3) is 6.08 Å². The van der Waals surface area contributed by atoms with Gasteiger partial charge in [-0.15, -0.1) is 0 Å². The monoisotopic (exact) mass is 381 g/mol. The molecule has 0 amide bonds. The summed E-state index contributed by atoms with van der Waals surface area (Å²) in [6.45, 7) is 7.25. The number of nitrogens with zero attached hydrogens (tertiary/aromatic N) is 1. The van der Waals surface area contributed by atoms with Gasteiger partial charge in [-0.05, 0) is 47.4 Å². The van der Waals surface area contributed by atoms with Crippen molar-refractivity contribution in [2.45, 2.75) is 31.3 Å². The summed E-state index contributed by atoms with van der Waals surface area (Å²) in [6, 6.07) is 4.20. The molecule has 23 heavy (non-hydrogen) atoms. The number of hydrogen-bond donors (Lipinski definition) is 0. The second-order valence-corrected chi connectivity index (χ2v) is 12.3. The Balaban J connectivity index is 1.85. The summed E-state index contributed by atoms with van der Waals surface area (Å²) < 4.78 is 0. The quantitative estimate of drug-likeness (QED) is 0.462. The number of pyridine rings is 1. The van der Waals surface area contributed by atoms with E-state index in [2.05, 4.69) is 77.4 Å². The predicted octanol–water partition coefficient (Wildman–Crippen LogP) is 5.84. The van der Waals surface area contributed by atoms with E-state index >= 15 is 0 Å². The molecule has 0 spiro atoms. The van der Waals surface area contributed by atoms with Crippen LogP contribution in [-0.2, 0) is 0 Å². The maximum absolute atomic E-state index is 4.60. The van der Waals surface area contributed by atoms with Crippen LogP contribution in [0.1, 0.15) is 29.4 Å². The van der Waals surface area contributed by atoms with Gasteiger partial charge in [0.15, 0.2) is 0 Å². The highest BCUT2D eigenvalue weighted by molar-refractivity contribution is 9.09. The first kappa shape index (κ1) is 15.1. The SMILES string of the molecule is CC1=C([Si](C)(C)C2=CC=CC2)C2=Cc3ncccc3C(Br)C2=C1. The van der Waals surface area contributed by atoms with Gasteiger partial charge in [0.1, 0.15) is 8.07 Å². The van der Waals surface area contributed by atoms with Crippen molar-refractivity contribution in [2.24, 2.45) is 0 Å². The highest BCUT2D eigenvalue weighted by Crippen LogP contribution is 2.51. The lowest BCUT2D eigenvalue weighted by molar-refractivity contribution is 1.08. The Kier molecular flexibility index (Phi) is 3.47. The van der Waals surface area contributed by atoms with Crippen molar-refractivity contribution in [2.75, 3.05) is 0 Å². The van der Waals surface area contributed by atoms with Gasteiger partial charge in [-0.3, -0.25) is 4.98 Å². The van der Waals surface area contributed by atoms with Gasteiger partial charge >= 0.3 is 0 Å². The van der Waals surface area contributed by atoms with Crippen molar-refractivity contribution >= 4 is 30.1 Å². The third kappa shape index (κ3) is 2.21. The summed E-state index contributed by atoms with van der Waals surface area (Å²) in [5.74, 6) is 0. The zero-order valence-corrected chi connectivity index (χ0v) is 16.3. The number of allylic oxidation sites excluding steroid dienone is 9. The molecular formula is C20H20BrNSi. The lowest BCUT2D eigenvalue weighted by Crippen LogP contribution is -2.33. The van der Waals surface area contributed by atoms with Crippen molar-refractivity contribution in [1.29, 1.82) is 0 Å².